The lowest BCUT2D eigenvalue weighted by atomic mass is 10.5. The van der Waals surface area contributed by atoms with Crippen LogP contribution in [0.3, 0.4) is 0 Å². The summed E-state index contributed by atoms with van der Waals surface area (Å²) in [6.45, 7) is 2.37. The first-order chi connectivity index (χ1) is 6.70. The van der Waals surface area contributed by atoms with Crippen LogP contribution in [0.25, 0.3) is 0 Å². The van der Waals surface area contributed by atoms with E-state index in [4.69, 9.17) is 0 Å². The molecule has 0 aliphatic carbocycles. The van der Waals surface area contributed by atoms with E-state index in [9.17, 15) is 9.59 Å². The molecule has 6 heteroatoms. The second kappa shape index (κ2) is 5.00. The van der Waals surface area contributed by atoms with E-state index in [1.165, 1.54) is 19.3 Å². The van der Waals surface area contributed by atoms with E-state index in [0.29, 0.717) is 13.1 Å². The van der Waals surface area contributed by atoms with Crippen molar-refractivity contribution in [2.45, 2.75) is 6.92 Å². The van der Waals surface area contributed by atoms with Crippen LogP contribution in [0.4, 0.5) is 5.82 Å². The number of hydrogen-bond donors (Lipinski definition) is 3. The smallest absolute Gasteiger partial charge is 0.290 e. The molecule has 0 aromatic carbocycles. The standard InChI is InChI=1S/C8H12N4O2/c1-6(13)9-2-3-10-7-8(14)12-5-4-11-7/h4-5H,2-3H2,1H3,(H,9,13)(H,10,11)(H,12,14). The Morgan fingerprint density at radius 3 is 3.00 bits per heavy atom. The average molecular weight is 196 g/mol. The van der Waals surface area contributed by atoms with Crippen LogP contribution >= 0.6 is 0 Å². The SMILES string of the molecule is CC(=O)NCCNc1ncc[nH]c1=O. The van der Waals surface area contributed by atoms with Crippen LogP contribution in [0.2, 0.25) is 0 Å². The molecule has 0 aliphatic heterocycles. The molecule has 0 spiro atoms. The van der Waals surface area contributed by atoms with E-state index in [0.717, 1.165) is 0 Å². The van der Waals surface area contributed by atoms with E-state index in [2.05, 4.69) is 20.6 Å². The molecule has 0 saturated heterocycles. The van der Waals surface area contributed by atoms with Gasteiger partial charge in [0.2, 0.25) is 5.91 Å². The molecule has 0 atom stereocenters. The summed E-state index contributed by atoms with van der Waals surface area (Å²) in [5.41, 5.74) is -0.268. The normalized spacial score (nSPS) is 9.50. The van der Waals surface area contributed by atoms with Crippen molar-refractivity contribution < 1.29 is 4.79 Å². The summed E-state index contributed by atoms with van der Waals surface area (Å²) in [5.74, 6) is 0.166. The molecule has 0 bridgehead atoms. The fraction of sp³-hybridized carbons (Fsp3) is 0.375. The highest BCUT2D eigenvalue weighted by atomic mass is 16.1. The fourth-order valence-corrected chi connectivity index (χ4v) is 0.897. The third-order valence-corrected chi connectivity index (χ3v) is 1.50. The lowest BCUT2D eigenvalue weighted by Crippen LogP contribution is -2.28. The van der Waals surface area contributed by atoms with Gasteiger partial charge >= 0.3 is 0 Å². The molecule has 0 saturated carbocycles. The summed E-state index contributed by atoms with van der Waals surface area (Å²) < 4.78 is 0. The van der Waals surface area contributed by atoms with Gasteiger partial charge in [0.05, 0.1) is 0 Å². The molecule has 76 valence electrons. The predicted molar refractivity (Wildman–Crippen MR) is 52.0 cm³/mol. The molecular formula is C8H12N4O2. The first-order valence-electron chi connectivity index (χ1n) is 4.22. The van der Waals surface area contributed by atoms with Crippen molar-refractivity contribution in [1.82, 2.24) is 15.3 Å². The van der Waals surface area contributed by atoms with Crippen LogP contribution in [0, 0.1) is 0 Å². The van der Waals surface area contributed by atoms with Gasteiger partial charge in [-0.1, -0.05) is 0 Å². The molecule has 0 fully saturated rings. The van der Waals surface area contributed by atoms with Crippen molar-refractivity contribution in [3.05, 3.63) is 22.7 Å². The van der Waals surface area contributed by atoms with Crippen molar-refractivity contribution >= 4 is 11.7 Å². The van der Waals surface area contributed by atoms with Crippen molar-refractivity contribution in [2.24, 2.45) is 0 Å². The van der Waals surface area contributed by atoms with Gasteiger partial charge in [0.1, 0.15) is 0 Å². The number of nitrogens with one attached hydrogen (secondary N) is 3. The number of carbonyl (C=O) groups is 1. The lowest BCUT2D eigenvalue weighted by molar-refractivity contribution is -0.118. The number of amides is 1. The number of nitrogens with zero attached hydrogens (tertiary/aromatic N) is 1. The number of H-pyrrole nitrogens is 1. The van der Waals surface area contributed by atoms with Crippen LogP contribution in [-0.4, -0.2) is 29.0 Å². The summed E-state index contributed by atoms with van der Waals surface area (Å²) in [7, 11) is 0. The van der Waals surface area contributed by atoms with Gasteiger partial charge in [0, 0.05) is 32.4 Å². The molecule has 14 heavy (non-hydrogen) atoms. The number of aromatic nitrogens is 2. The van der Waals surface area contributed by atoms with Gasteiger partial charge in [-0.2, -0.15) is 0 Å². The molecule has 1 aromatic heterocycles. The maximum atomic E-state index is 11.1. The van der Waals surface area contributed by atoms with Crippen molar-refractivity contribution in [1.29, 1.82) is 0 Å². The quantitative estimate of drug-likeness (QED) is 0.557. The Morgan fingerprint density at radius 1 is 1.57 bits per heavy atom. The Morgan fingerprint density at radius 2 is 2.36 bits per heavy atom. The van der Waals surface area contributed by atoms with E-state index in [1.54, 1.807) is 0 Å². The Balaban J connectivity index is 2.35. The minimum atomic E-state index is -0.268. The molecule has 0 aliphatic rings. The second-order valence-corrected chi connectivity index (χ2v) is 2.68. The van der Waals surface area contributed by atoms with Crippen molar-refractivity contribution in [2.75, 3.05) is 18.4 Å². The minimum absolute atomic E-state index is 0.0956. The molecule has 0 unspecified atom stereocenters. The van der Waals surface area contributed by atoms with Gasteiger partial charge in [0.15, 0.2) is 5.82 Å². The summed E-state index contributed by atoms with van der Waals surface area (Å²) >= 11 is 0. The van der Waals surface area contributed by atoms with Crippen molar-refractivity contribution in [3.63, 3.8) is 0 Å². The highest BCUT2D eigenvalue weighted by Gasteiger charge is 1.97. The molecule has 3 N–H and O–H groups in total. The second-order valence-electron chi connectivity index (χ2n) is 2.68. The highest BCUT2D eigenvalue weighted by Crippen LogP contribution is 1.87. The lowest BCUT2D eigenvalue weighted by Gasteiger charge is -2.03. The third-order valence-electron chi connectivity index (χ3n) is 1.50. The van der Waals surface area contributed by atoms with E-state index in [-0.39, 0.29) is 17.3 Å². The van der Waals surface area contributed by atoms with E-state index in [1.807, 2.05) is 0 Å². The molecule has 1 rings (SSSR count). The number of carbonyl (C=O) groups excluding carboxylic acids is 1. The average Bonchev–Trinajstić information content (AvgIpc) is 2.15. The largest absolute Gasteiger partial charge is 0.364 e. The fourth-order valence-electron chi connectivity index (χ4n) is 0.897. The Labute approximate surface area is 80.8 Å². The van der Waals surface area contributed by atoms with Gasteiger partial charge in [-0.25, -0.2) is 4.98 Å². The molecule has 6 nitrogen and oxygen atoms in total. The molecule has 1 aromatic rings. The van der Waals surface area contributed by atoms with Gasteiger partial charge in [0.25, 0.3) is 5.56 Å². The summed E-state index contributed by atoms with van der Waals surface area (Å²) in [6, 6.07) is 0. The summed E-state index contributed by atoms with van der Waals surface area (Å²) in [5, 5.41) is 5.39. The van der Waals surface area contributed by atoms with E-state index < -0.39 is 0 Å². The third kappa shape index (κ3) is 3.26. The number of rotatable bonds is 4. The van der Waals surface area contributed by atoms with Crippen LogP contribution in [0.1, 0.15) is 6.92 Å². The summed E-state index contributed by atoms with van der Waals surface area (Å²) in [6.07, 6.45) is 2.95. The number of hydrogen-bond acceptors (Lipinski definition) is 4. The Hall–Kier alpha value is -1.85. The maximum absolute atomic E-state index is 11.1. The molecule has 1 amide bonds. The maximum Gasteiger partial charge on any atom is 0.290 e. The Kier molecular flexibility index (Phi) is 3.66. The van der Waals surface area contributed by atoms with Gasteiger partial charge in [-0.3, -0.25) is 9.59 Å². The zero-order valence-electron chi connectivity index (χ0n) is 7.83. The number of anilines is 1. The zero-order chi connectivity index (χ0) is 10.4. The van der Waals surface area contributed by atoms with E-state index >= 15 is 0 Å². The van der Waals surface area contributed by atoms with Crippen molar-refractivity contribution in [3.8, 4) is 0 Å². The molecular weight excluding hydrogens is 184 g/mol. The zero-order valence-corrected chi connectivity index (χ0v) is 7.83. The molecule has 0 radical (unpaired) electrons. The van der Waals surface area contributed by atoms with Crippen LogP contribution in [0.15, 0.2) is 17.2 Å². The van der Waals surface area contributed by atoms with Gasteiger partial charge < -0.3 is 15.6 Å². The van der Waals surface area contributed by atoms with Crippen LogP contribution in [-0.2, 0) is 4.79 Å². The molecule has 1 heterocycles. The van der Waals surface area contributed by atoms with Crippen LogP contribution < -0.4 is 16.2 Å². The summed E-state index contributed by atoms with van der Waals surface area (Å²) in [4.78, 5) is 27.9. The van der Waals surface area contributed by atoms with Gasteiger partial charge in [-0.15, -0.1) is 0 Å². The highest BCUT2D eigenvalue weighted by molar-refractivity contribution is 5.72. The van der Waals surface area contributed by atoms with Crippen LogP contribution in [0.5, 0.6) is 0 Å². The topological polar surface area (TPSA) is 86.9 Å². The first kappa shape index (κ1) is 10.2. The first-order valence-corrected chi connectivity index (χ1v) is 4.22. The predicted octanol–water partition coefficient (Wildman–Crippen LogP) is -0.682. The Bertz CT molecular complexity index is 360. The van der Waals surface area contributed by atoms with Gasteiger partial charge in [-0.05, 0) is 0 Å². The minimum Gasteiger partial charge on any atom is -0.364 e. The number of aromatic amines is 1. The monoisotopic (exact) mass is 196 g/mol.